The van der Waals surface area contributed by atoms with Crippen molar-refractivity contribution in [2.45, 2.75) is 24.7 Å². The highest BCUT2D eigenvalue weighted by Crippen LogP contribution is 2.59. The Morgan fingerprint density at radius 3 is 1.80 bits per heavy atom. The van der Waals surface area contributed by atoms with Crippen LogP contribution in [0.5, 0.6) is 0 Å². The zero-order valence-electron chi connectivity index (χ0n) is 33.8. The number of furan rings is 1. The van der Waals surface area contributed by atoms with Crippen molar-refractivity contribution in [3.05, 3.63) is 234 Å². The Bertz CT molecular complexity index is 3540. The maximum atomic E-state index is 6.62. The molecule has 0 fully saturated rings. The molecule has 3 heteroatoms. The Hall–Kier alpha value is -7.20. The smallest absolute Gasteiger partial charge is 0.135 e. The molecule has 0 unspecified atom stereocenters. The van der Waals surface area contributed by atoms with Crippen molar-refractivity contribution in [3.63, 3.8) is 0 Å². The van der Waals surface area contributed by atoms with E-state index in [2.05, 4.69) is 213 Å². The SMILES string of the molecule is CC1(C)c2ccccc2-c2cc(N(c3ccccc3)c3cccc(C4(c5ccc6c(c5)oc5ccccc56)c5ccccc5-c5ccccc54)c3)c3c(sc4ccccc43)c21. The van der Waals surface area contributed by atoms with Crippen LogP contribution in [-0.2, 0) is 10.8 Å². The number of para-hydroxylation sites is 2. The molecule has 0 saturated carbocycles. The largest absolute Gasteiger partial charge is 0.456 e. The van der Waals surface area contributed by atoms with Crippen LogP contribution in [0.25, 0.3) is 64.4 Å². The molecule has 61 heavy (non-hydrogen) atoms. The number of fused-ring (bicyclic) bond motifs is 13. The molecule has 0 spiro atoms. The van der Waals surface area contributed by atoms with E-state index in [1.165, 1.54) is 81.5 Å². The first-order valence-corrected chi connectivity index (χ1v) is 22.0. The van der Waals surface area contributed by atoms with E-state index in [0.29, 0.717) is 0 Å². The van der Waals surface area contributed by atoms with E-state index in [1.54, 1.807) is 0 Å². The van der Waals surface area contributed by atoms with Gasteiger partial charge in [-0.25, -0.2) is 0 Å². The molecule has 9 aromatic carbocycles. The first kappa shape index (κ1) is 34.6. The molecule has 2 aromatic heterocycles. The first-order chi connectivity index (χ1) is 30.0. The Kier molecular flexibility index (Phi) is 7.19. The lowest BCUT2D eigenvalue weighted by molar-refractivity contribution is 0.665. The molecule has 13 rings (SSSR count). The number of thiophene rings is 1. The summed E-state index contributed by atoms with van der Waals surface area (Å²) >= 11 is 1.93. The zero-order valence-corrected chi connectivity index (χ0v) is 34.6. The zero-order chi connectivity index (χ0) is 40.5. The third-order valence-electron chi connectivity index (χ3n) is 13.7. The Morgan fingerprint density at radius 2 is 1.03 bits per heavy atom. The predicted octanol–water partition coefficient (Wildman–Crippen LogP) is 16.1. The van der Waals surface area contributed by atoms with Gasteiger partial charge in [0.1, 0.15) is 11.2 Å². The van der Waals surface area contributed by atoms with Gasteiger partial charge in [0.2, 0.25) is 0 Å². The van der Waals surface area contributed by atoms with E-state index in [1.807, 2.05) is 17.4 Å². The molecule has 0 radical (unpaired) electrons. The topological polar surface area (TPSA) is 16.4 Å². The fourth-order valence-corrected chi connectivity index (χ4v) is 12.6. The van der Waals surface area contributed by atoms with Crippen LogP contribution in [0.1, 0.15) is 47.2 Å². The van der Waals surface area contributed by atoms with Crippen LogP contribution in [0.4, 0.5) is 17.1 Å². The van der Waals surface area contributed by atoms with Crippen molar-refractivity contribution in [1.82, 2.24) is 0 Å². The lowest BCUT2D eigenvalue weighted by atomic mass is 9.67. The summed E-state index contributed by atoms with van der Waals surface area (Å²) < 4.78 is 9.29. The summed E-state index contributed by atoms with van der Waals surface area (Å²) in [6.45, 7) is 4.80. The van der Waals surface area contributed by atoms with E-state index in [4.69, 9.17) is 4.42 Å². The molecule has 0 aliphatic heterocycles. The molecule has 0 atom stereocenters. The van der Waals surface area contributed by atoms with Crippen molar-refractivity contribution < 1.29 is 4.42 Å². The van der Waals surface area contributed by atoms with Gasteiger partial charge in [0.15, 0.2) is 0 Å². The summed E-state index contributed by atoms with van der Waals surface area (Å²) in [6, 6.07) is 74.1. The maximum Gasteiger partial charge on any atom is 0.135 e. The Labute approximate surface area is 358 Å². The summed E-state index contributed by atoms with van der Waals surface area (Å²) in [5, 5.41) is 4.86. The van der Waals surface area contributed by atoms with Gasteiger partial charge in [0.25, 0.3) is 0 Å². The number of benzene rings is 9. The van der Waals surface area contributed by atoms with Gasteiger partial charge in [-0.2, -0.15) is 0 Å². The second-order valence-electron chi connectivity index (χ2n) is 17.2. The highest BCUT2D eigenvalue weighted by atomic mass is 32.1. The van der Waals surface area contributed by atoms with Crippen LogP contribution >= 0.6 is 11.3 Å². The fourth-order valence-electron chi connectivity index (χ4n) is 11.2. The van der Waals surface area contributed by atoms with Crippen LogP contribution in [0.3, 0.4) is 0 Å². The summed E-state index contributed by atoms with van der Waals surface area (Å²) in [5.41, 5.74) is 17.4. The van der Waals surface area contributed by atoms with Crippen LogP contribution in [0, 0.1) is 0 Å². The molecule has 0 saturated heterocycles. The average Bonchev–Trinajstić information content (AvgIpc) is 4.03. The molecule has 2 aliphatic carbocycles. The number of nitrogens with zero attached hydrogens (tertiary/aromatic N) is 1. The van der Waals surface area contributed by atoms with Gasteiger partial charge in [0, 0.05) is 47.7 Å². The molecule has 2 heterocycles. The number of hydrogen-bond acceptors (Lipinski definition) is 3. The number of anilines is 3. The minimum absolute atomic E-state index is 0.141. The van der Waals surface area contributed by atoms with Crippen LogP contribution < -0.4 is 4.90 Å². The monoisotopic (exact) mass is 797 g/mol. The quantitative estimate of drug-likeness (QED) is 0.172. The van der Waals surface area contributed by atoms with Crippen LogP contribution in [0.2, 0.25) is 0 Å². The molecule has 0 bridgehead atoms. The fraction of sp³-hybridized carbons (Fsp3) is 0.0690. The average molecular weight is 798 g/mol. The van der Waals surface area contributed by atoms with Crippen molar-refractivity contribution in [2.75, 3.05) is 4.90 Å². The van der Waals surface area contributed by atoms with Gasteiger partial charge in [-0.05, 0) is 104 Å². The maximum absolute atomic E-state index is 6.62. The normalized spacial score (nSPS) is 14.3. The van der Waals surface area contributed by atoms with Crippen molar-refractivity contribution >= 4 is 70.5 Å². The molecular weight excluding hydrogens is 759 g/mol. The number of hydrogen-bond donors (Lipinski definition) is 0. The van der Waals surface area contributed by atoms with Crippen molar-refractivity contribution in [1.29, 1.82) is 0 Å². The Balaban J connectivity index is 1.12. The van der Waals surface area contributed by atoms with Crippen molar-refractivity contribution in [3.8, 4) is 22.3 Å². The van der Waals surface area contributed by atoms with Crippen LogP contribution in [-0.4, -0.2) is 0 Å². The predicted molar refractivity (Wildman–Crippen MR) is 256 cm³/mol. The van der Waals surface area contributed by atoms with E-state index in [-0.39, 0.29) is 5.41 Å². The van der Waals surface area contributed by atoms with Gasteiger partial charge in [-0.15, -0.1) is 11.3 Å². The van der Waals surface area contributed by atoms with E-state index in [9.17, 15) is 0 Å². The molecule has 2 nitrogen and oxygen atoms in total. The van der Waals surface area contributed by atoms with E-state index >= 15 is 0 Å². The highest BCUT2D eigenvalue weighted by Gasteiger charge is 2.47. The molecule has 0 amide bonds. The van der Waals surface area contributed by atoms with Gasteiger partial charge in [-0.3, -0.25) is 0 Å². The lowest BCUT2D eigenvalue weighted by Gasteiger charge is -2.35. The van der Waals surface area contributed by atoms with Gasteiger partial charge < -0.3 is 9.32 Å². The van der Waals surface area contributed by atoms with Gasteiger partial charge >= 0.3 is 0 Å². The standard InChI is InChI=1S/C58H39NOS/c1-57(2)47-26-11-6-23-42(47)46-35-50(54-45-25-10-15-30-53(45)61-56(54)55(46)57)59(38-18-4-3-5-19-38)39-20-16-17-36(33-39)58(48-27-12-7-21-40(48)41-22-8-13-28-49(41)58)37-31-32-44-43-24-9-14-29-51(43)60-52(44)34-37/h3-35H,1-2H3. The van der Waals surface area contributed by atoms with Crippen molar-refractivity contribution in [2.24, 2.45) is 0 Å². The van der Waals surface area contributed by atoms with E-state index in [0.717, 1.165) is 33.3 Å². The molecule has 11 aromatic rings. The van der Waals surface area contributed by atoms with Gasteiger partial charge in [0.05, 0.1) is 11.1 Å². The first-order valence-electron chi connectivity index (χ1n) is 21.2. The summed E-state index contributed by atoms with van der Waals surface area (Å²) in [7, 11) is 0. The third-order valence-corrected chi connectivity index (χ3v) is 14.9. The molecule has 2 aliphatic rings. The van der Waals surface area contributed by atoms with Crippen LogP contribution in [0.15, 0.2) is 205 Å². The summed E-state index contributed by atoms with van der Waals surface area (Å²) in [5.74, 6) is 0. The summed E-state index contributed by atoms with van der Waals surface area (Å²) in [4.78, 5) is 2.52. The molecule has 0 N–H and O–H groups in total. The third kappa shape index (κ3) is 4.67. The highest BCUT2D eigenvalue weighted by molar-refractivity contribution is 7.26. The minimum Gasteiger partial charge on any atom is -0.456 e. The molecular formula is C58H39NOS. The minimum atomic E-state index is -0.621. The second-order valence-corrected chi connectivity index (χ2v) is 18.2. The molecule has 288 valence electrons. The second kappa shape index (κ2) is 12.7. The van der Waals surface area contributed by atoms with Gasteiger partial charge in [-0.1, -0.05) is 166 Å². The summed E-state index contributed by atoms with van der Waals surface area (Å²) in [6.07, 6.45) is 0. The number of rotatable bonds is 5. The van der Waals surface area contributed by atoms with E-state index < -0.39 is 5.41 Å². The lowest BCUT2D eigenvalue weighted by Crippen LogP contribution is -2.29. The Morgan fingerprint density at radius 1 is 0.443 bits per heavy atom.